The van der Waals surface area contributed by atoms with Crippen LogP contribution in [0.4, 0.5) is 11.5 Å². The Morgan fingerprint density at radius 3 is 2.54 bits per heavy atom. The summed E-state index contributed by atoms with van der Waals surface area (Å²) in [6.07, 6.45) is 3.37. The molecule has 0 amide bonds. The van der Waals surface area contributed by atoms with Crippen molar-refractivity contribution in [2.45, 2.75) is 16.7 Å². The van der Waals surface area contributed by atoms with E-state index in [-0.39, 0.29) is 10.6 Å². The van der Waals surface area contributed by atoms with E-state index in [2.05, 4.69) is 15.3 Å². The van der Waals surface area contributed by atoms with Crippen LogP contribution in [-0.2, 0) is 9.84 Å². The van der Waals surface area contributed by atoms with Crippen LogP contribution in [0.5, 0.6) is 11.5 Å². The minimum Gasteiger partial charge on any atom is -0.497 e. The fourth-order valence-electron chi connectivity index (χ4n) is 2.78. The van der Waals surface area contributed by atoms with Crippen LogP contribution in [0.25, 0.3) is 10.9 Å². The Kier molecular flexibility index (Phi) is 5.95. The lowest BCUT2D eigenvalue weighted by molar-refractivity contribution is 0.398. The summed E-state index contributed by atoms with van der Waals surface area (Å²) in [6, 6.07) is 8.59. The molecule has 0 aliphatic heterocycles. The maximum atomic E-state index is 12.3. The minimum atomic E-state index is -3.33. The zero-order valence-corrected chi connectivity index (χ0v) is 17.6. The molecule has 0 aliphatic carbocycles. The molecule has 28 heavy (non-hydrogen) atoms. The van der Waals surface area contributed by atoms with Gasteiger partial charge in [0.2, 0.25) is 0 Å². The summed E-state index contributed by atoms with van der Waals surface area (Å²) in [4.78, 5) is 9.82. The van der Waals surface area contributed by atoms with Gasteiger partial charge in [0.25, 0.3) is 0 Å². The van der Waals surface area contributed by atoms with E-state index in [0.717, 1.165) is 4.90 Å². The molecule has 3 rings (SSSR count). The highest BCUT2D eigenvalue weighted by atomic mass is 32.2. The first-order chi connectivity index (χ1) is 13.4. The average Bonchev–Trinajstić information content (AvgIpc) is 2.72. The topological polar surface area (TPSA) is 90.4 Å². The van der Waals surface area contributed by atoms with Crippen LogP contribution in [0, 0.1) is 0 Å². The summed E-state index contributed by atoms with van der Waals surface area (Å²) < 4.78 is 35.4. The molecule has 7 nitrogen and oxygen atoms in total. The van der Waals surface area contributed by atoms with Crippen LogP contribution >= 0.6 is 11.8 Å². The SMILES string of the molecule is CCS(=O)(=O)c1ccc(SC)c(Nc2ncnc3cc(OC)cc(OC)c23)c1. The third-order valence-corrected chi connectivity index (χ3v) is 6.82. The first-order valence-electron chi connectivity index (χ1n) is 8.48. The molecule has 0 aliphatic rings. The minimum absolute atomic E-state index is 0.0368. The summed E-state index contributed by atoms with van der Waals surface area (Å²) in [5.41, 5.74) is 1.30. The van der Waals surface area contributed by atoms with Crippen molar-refractivity contribution in [1.82, 2.24) is 9.97 Å². The highest BCUT2D eigenvalue weighted by Gasteiger charge is 2.17. The van der Waals surface area contributed by atoms with E-state index in [9.17, 15) is 8.42 Å². The van der Waals surface area contributed by atoms with Crippen LogP contribution in [0.1, 0.15) is 6.92 Å². The number of sulfone groups is 1. The molecule has 0 spiro atoms. The van der Waals surface area contributed by atoms with Gasteiger partial charge in [0, 0.05) is 17.0 Å². The van der Waals surface area contributed by atoms with Gasteiger partial charge in [-0.15, -0.1) is 11.8 Å². The standard InChI is InChI=1S/C19H21N3O4S2/c1-5-28(23,24)13-6-7-17(27-4)14(10-13)22-19-18-15(20-11-21-19)8-12(25-2)9-16(18)26-3/h6-11H,5H2,1-4H3,(H,20,21,22). The second-order valence-corrected chi connectivity index (χ2v) is 8.96. The van der Waals surface area contributed by atoms with Gasteiger partial charge in [-0.05, 0) is 24.5 Å². The Balaban J connectivity index is 2.16. The largest absolute Gasteiger partial charge is 0.497 e. The van der Waals surface area contributed by atoms with E-state index in [4.69, 9.17) is 9.47 Å². The van der Waals surface area contributed by atoms with Gasteiger partial charge >= 0.3 is 0 Å². The number of aromatic nitrogens is 2. The van der Waals surface area contributed by atoms with Crippen molar-refractivity contribution in [3.63, 3.8) is 0 Å². The van der Waals surface area contributed by atoms with Crippen molar-refractivity contribution in [1.29, 1.82) is 0 Å². The Morgan fingerprint density at radius 2 is 1.89 bits per heavy atom. The molecule has 0 radical (unpaired) electrons. The van der Waals surface area contributed by atoms with E-state index >= 15 is 0 Å². The summed E-state index contributed by atoms with van der Waals surface area (Å²) >= 11 is 1.51. The number of fused-ring (bicyclic) bond motifs is 1. The Labute approximate surface area is 168 Å². The quantitative estimate of drug-likeness (QED) is 0.577. The Morgan fingerprint density at radius 1 is 1.11 bits per heavy atom. The lowest BCUT2D eigenvalue weighted by Crippen LogP contribution is -2.05. The molecule has 1 heterocycles. The molecule has 0 atom stereocenters. The molecule has 0 saturated carbocycles. The molecule has 0 bridgehead atoms. The summed E-state index contributed by atoms with van der Waals surface area (Å²) in [5.74, 6) is 1.73. The third-order valence-electron chi connectivity index (χ3n) is 4.29. The second-order valence-electron chi connectivity index (χ2n) is 5.84. The van der Waals surface area contributed by atoms with E-state index in [0.29, 0.717) is 33.9 Å². The van der Waals surface area contributed by atoms with Gasteiger partial charge < -0.3 is 14.8 Å². The van der Waals surface area contributed by atoms with Crippen LogP contribution in [0.2, 0.25) is 0 Å². The lowest BCUT2D eigenvalue weighted by Gasteiger charge is -2.15. The van der Waals surface area contributed by atoms with Gasteiger partial charge in [-0.25, -0.2) is 18.4 Å². The number of hydrogen-bond acceptors (Lipinski definition) is 8. The molecule has 0 fully saturated rings. The average molecular weight is 420 g/mol. The van der Waals surface area contributed by atoms with Crippen LogP contribution in [-0.4, -0.2) is 44.6 Å². The molecule has 1 aromatic heterocycles. The number of nitrogens with one attached hydrogen (secondary N) is 1. The molecule has 9 heteroatoms. The van der Waals surface area contributed by atoms with Gasteiger partial charge in [0.15, 0.2) is 9.84 Å². The zero-order chi connectivity index (χ0) is 20.3. The fourth-order valence-corrected chi connectivity index (χ4v) is 4.22. The van der Waals surface area contributed by atoms with Crippen molar-refractivity contribution in [2.24, 2.45) is 0 Å². The second kappa shape index (κ2) is 8.24. The van der Waals surface area contributed by atoms with Gasteiger partial charge in [0.1, 0.15) is 23.6 Å². The number of hydrogen-bond donors (Lipinski definition) is 1. The molecule has 1 N–H and O–H groups in total. The van der Waals surface area contributed by atoms with Crippen LogP contribution in [0.3, 0.4) is 0 Å². The maximum absolute atomic E-state index is 12.3. The van der Waals surface area contributed by atoms with Crippen molar-refractivity contribution in [3.05, 3.63) is 36.7 Å². The van der Waals surface area contributed by atoms with Gasteiger partial charge in [-0.3, -0.25) is 0 Å². The predicted octanol–water partition coefficient (Wildman–Crippen LogP) is 3.91. The summed E-state index contributed by atoms with van der Waals surface area (Å²) in [6.45, 7) is 1.63. The molecule has 0 unspecified atom stereocenters. The molecular weight excluding hydrogens is 398 g/mol. The number of methoxy groups -OCH3 is 2. The number of nitrogens with zero attached hydrogens (tertiary/aromatic N) is 2. The van der Waals surface area contributed by atoms with Gasteiger partial charge in [-0.2, -0.15) is 0 Å². The first-order valence-corrected chi connectivity index (χ1v) is 11.4. The van der Waals surface area contributed by atoms with E-state index in [1.807, 2.05) is 6.26 Å². The number of ether oxygens (including phenoxy) is 2. The number of thioether (sulfide) groups is 1. The zero-order valence-electron chi connectivity index (χ0n) is 16.0. The number of rotatable bonds is 7. The van der Waals surface area contributed by atoms with Crippen molar-refractivity contribution < 1.29 is 17.9 Å². The van der Waals surface area contributed by atoms with Crippen molar-refractivity contribution >= 4 is 44.0 Å². The smallest absolute Gasteiger partial charge is 0.178 e. The Hall–Kier alpha value is -2.52. The van der Waals surface area contributed by atoms with E-state index in [1.54, 1.807) is 51.5 Å². The fraction of sp³-hybridized carbons (Fsp3) is 0.263. The molecule has 3 aromatic rings. The molecule has 2 aromatic carbocycles. The molecule has 148 valence electrons. The summed E-state index contributed by atoms with van der Waals surface area (Å²) in [7, 11) is -0.188. The monoisotopic (exact) mass is 419 g/mol. The highest BCUT2D eigenvalue weighted by molar-refractivity contribution is 7.98. The van der Waals surface area contributed by atoms with Crippen molar-refractivity contribution in [2.75, 3.05) is 31.5 Å². The number of anilines is 2. The van der Waals surface area contributed by atoms with Gasteiger partial charge in [0.05, 0.1) is 41.5 Å². The van der Waals surface area contributed by atoms with E-state index in [1.165, 1.54) is 18.1 Å². The normalized spacial score (nSPS) is 11.4. The molecular formula is C19H21N3O4S2. The van der Waals surface area contributed by atoms with Crippen molar-refractivity contribution in [3.8, 4) is 11.5 Å². The lowest BCUT2D eigenvalue weighted by atomic mass is 10.2. The summed E-state index contributed by atoms with van der Waals surface area (Å²) in [5, 5.41) is 3.94. The Bertz CT molecular complexity index is 1120. The predicted molar refractivity (Wildman–Crippen MR) is 112 cm³/mol. The van der Waals surface area contributed by atoms with Crippen LogP contribution < -0.4 is 14.8 Å². The van der Waals surface area contributed by atoms with Crippen LogP contribution in [0.15, 0.2) is 46.5 Å². The maximum Gasteiger partial charge on any atom is 0.178 e. The number of benzene rings is 2. The first kappa shape index (κ1) is 20.2. The van der Waals surface area contributed by atoms with Gasteiger partial charge in [-0.1, -0.05) is 6.92 Å². The van der Waals surface area contributed by atoms with E-state index < -0.39 is 9.84 Å². The molecule has 0 saturated heterocycles. The highest BCUT2D eigenvalue weighted by Crippen LogP contribution is 2.37. The third kappa shape index (κ3) is 3.85.